The van der Waals surface area contributed by atoms with E-state index in [0.717, 1.165) is 22.4 Å². The number of rotatable bonds is 4. The highest BCUT2D eigenvalue weighted by molar-refractivity contribution is 5.85. The first-order chi connectivity index (χ1) is 9.47. The average molecular weight is 268 g/mol. The Kier molecular flexibility index (Phi) is 4.08. The molecule has 1 atom stereocenters. The Morgan fingerprint density at radius 2 is 1.75 bits per heavy atom. The molecular weight excluding hydrogens is 248 g/mol. The fourth-order valence-corrected chi connectivity index (χ4v) is 2.35. The number of nitrogens with one attached hydrogen (secondary N) is 1. The standard InChI is InChI=1S/C17H20N2O/c1-11-5-4-6-14(10-11)19-16(17(18)20)15-8-7-12(2)9-13(15)3/h4-10,16,19H,1-3H3,(H2,18,20). The summed E-state index contributed by atoms with van der Waals surface area (Å²) in [5.41, 5.74) is 10.8. The minimum absolute atomic E-state index is 0.376. The zero-order chi connectivity index (χ0) is 14.7. The molecule has 20 heavy (non-hydrogen) atoms. The number of primary amides is 1. The Morgan fingerprint density at radius 3 is 2.35 bits per heavy atom. The predicted octanol–water partition coefficient (Wildman–Crippen LogP) is 3.25. The first-order valence-corrected chi connectivity index (χ1v) is 6.67. The summed E-state index contributed by atoms with van der Waals surface area (Å²) in [6.45, 7) is 6.04. The number of aryl methyl sites for hydroxylation is 3. The van der Waals surface area contributed by atoms with E-state index in [9.17, 15) is 4.79 Å². The van der Waals surface area contributed by atoms with Crippen LogP contribution in [0.25, 0.3) is 0 Å². The van der Waals surface area contributed by atoms with Crippen LogP contribution in [0.3, 0.4) is 0 Å². The van der Waals surface area contributed by atoms with Gasteiger partial charge in [0.15, 0.2) is 0 Å². The van der Waals surface area contributed by atoms with Crippen LogP contribution >= 0.6 is 0 Å². The number of anilines is 1. The Hall–Kier alpha value is -2.29. The first-order valence-electron chi connectivity index (χ1n) is 6.67. The molecule has 0 spiro atoms. The van der Waals surface area contributed by atoms with E-state index in [1.54, 1.807) is 0 Å². The van der Waals surface area contributed by atoms with Gasteiger partial charge in [-0.15, -0.1) is 0 Å². The minimum Gasteiger partial charge on any atom is -0.370 e. The van der Waals surface area contributed by atoms with Gasteiger partial charge in [-0.3, -0.25) is 4.79 Å². The molecule has 1 amide bonds. The smallest absolute Gasteiger partial charge is 0.244 e. The summed E-state index contributed by atoms with van der Waals surface area (Å²) in [6, 6.07) is 13.4. The molecule has 0 aliphatic heterocycles. The maximum Gasteiger partial charge on any atom is 0.244 e. The van der Waals surface area contributed by atoms with Crippen molar-refractivity contribution in [3.8, 4) is 0 Å². The quantitative estimate of drug-likeness (QED) is 0.894. The molecule has 0 aliphatic carbocycles. The molecule has 3 heteroatoms. The van der Waals surface area contributed by atoms with Crippen molar-refractivity contribution < 1.29 is 4.79 Å². The number of nitrogens with two attached hydrogens (primary N) is 1. The topological polar surface area (TPSA) is 55.1 Å². The number of amides is 1. The molecule has 2 aromatic carbocycles. The van der Waals surface area contributed by atoms with E-state index in [4.69, 9.17) is 5.73 Å². The van der Waals surface area contributed by atoms with E-state index in [1.807, 2.05) is 57.2 Å². The summed E-state index contributed by atoms with van der Waals surface area (Å²) in [5, 5.41) is 3.22. The zero-order valence-electron chi connectivity index (χ0n) is 12.1. The third-order valence-electron chi connectivity index (χ3n) is 3.35. The zero-order valence-corrected chi connectivity index (χ0v) is 12.1. The van der Waals surface area contributed by atoms with Gasteiger partial charge in [0, 0.05) is 5.69 Å². The lowest BCUT2D eigenvalue weighted by molar-refractivity contribution is -0.118. The van der Waals surface area contributed by atoms with Gasteiger partial charge in [0.1, 0.15) is 6.04 Å². The van der Waals surface area contributed by atoms with Gasteiger partial charge in [-0.2, -0.15) is 0 Å². The van der Waals surface area contributed by atoms with Crippen molar-refractivity contribution in [2.45, 2.75) is 26.8 Å². The molecule has 3 nitrogen and oxygen atoms in total. The minimum atomic E-state index is -0.516. The van der Waals surface area contributed by atoms with Gasteiger partial charge in [-0.05, 0) is 49.6 Å². The van der Waals surface area contributed by atoms with Gasteiger partial charge in [0.05, 0.1) is 0 Å². The summed E-state index contributed by atoms with van der Waals surface area (Å²) in [5.74, 6) is -0.376. The number of hydrogen-bond donors (Lipinski definition) is 2. The molecule has 3 N–H and O–H groups in total. The summed E-state index contributed by atoms with van der Waals surface area (Å²) in [7, 11) is 0. The highest BCUT2D eigenvalue weighted by Crippen LogP contribution is 2.23. The third kappa shape index (κ3) is 3.18. The van der Waals surface area contributed by atoms with Gasteiger partial charge >= 0.3 is 0 Å². The lowest BCUT2D eigenvalue weighted by Gasteiger charge is -2.19. The molecule has 0 fully saturated rings. The number of hydrogen-bond acceptors (Lipinski definition) is 2. The molecule has 0 aromatic heterocycles. The fourth-order valence-electron chi connectivity index (χ4n) is 2.35. The van der Waals surface area contributed by atoms with E-state index in [-0.39, 0.29) is 5.91 Å². The second-order valence-corrected chi connectivity index (χ2v) is 5.21. The van der Waals surface area contributed by atoms with Crippen molar-refractivity contribution in [1.29, 1.82) is 0 Å². The number of carbonyl (C=O) groups is 1. The summed E-state index contributed by atoms with van der Waals surface area (Å²) in [6.07, 6.45) is 0. The first kappa shape index (κ1) is 14.1. The van der Waals surface area contributed by atoms with Gasteiger partial charge in [0.25, 0.3) is 0 Å². The number of benzene rings is 2. The highest BCUT2D eigenvalue weighted by Gasteiger charge is 2.19. The van der Waals surface area contributed by atoms with Crippen LogP contribution in [0.5, 0.6) is 0 Å². The van der Waals surface area contributed by atoms with E-state index in [1.165, 1.54) is 5.56 Å². The summed E-state index contributed by atoms with van der Waals surface area (Å²) >= 11 is 0. The van der Waals surface area contributed by atoms with Crippen LogP contribution < -0.4 is 11.1 Å². The van der Waals surface area contributed by atoms with E-state index >= 15 is 0 Å². The van der Waals surface area contributed by atoms with Crippen molar-refractivity contribution >= 4 is 11.6 Å². The van der Waals surface area contributed by atoms with Crippen LogP contribution in [0.2, 0.25) is 0 Å². The molecule has 1 unspecified atom stereocenters. The molecule has 104 valence electrons. The van der Waals surface area contributed by atoms with E-state index in [2.05, 4.69) is 11.4 Å². The van der Waals surface area contributed by atoms with Crippen molar-refractivity contribution in [1.82, 2.24) is 0 Å². The van der Waals surface area contributed by atoms with E-state index in [0.29, 0.717) is 0 Å². The SMILES string of the molecule is Cc1cccc(NC(C(N)=O)c2ccc(C)cc2C)c1. The van der Waals surface area contributed by atoms with Crippen LogP contribution in [0.1, 0.15) is 28.3 Å². The monoisotopic (exact) mass is 268 g/mol. The van der Waals surface area contributed by atoms with Gasteiger partial charge < -0.3 is 11.1 Å². The van der Waals surface area contributed by atoms with Crippen molar-refractivity contribution in [3.63, 3.8) is 0 Å². The Bertz CT molecular complexity index is 635. The Balaban J connectivity index is 2.34. The van der Waals surface area contributed by atoms with E-state index < -0.39 is 6.04 Å². The second-order valence-electron chi connectivity index (χ2n) is 5.21. The van der Waals surface area contributed by atoms with Crippen LogP contribution in [-0.2, 0) is 4.79 Å². The normalized spacial score (nSPS) is 11.9. The van der Waals surface area contributed by atoms with Crippen LogP contribution in [0, 0.1) is 20.8 Å². The highest BCUT2D eigenvalue weighted by atomic mass is 16.1. The largest absolute Gasteiger partial charge is 0.370 e. The summed E-state index contributed by atoms with van der Waals surface area (Å²) < 4.78 is 0. The van der Waals surface area contributed by atoms with Gasteiger partial charge in [-0.1, -0.05) is 35.9 Å². The fraction of sp³-hybridized carbons (Fsp3) is 0.235. The molecule has 0 saturated carbocycles. The van der Waals surface area contributed by atoms with Gasteiger partial charge in [0.2, 0.25) is 5.91 Å². The molecule has 2 aromatic rings. The second kappa shape index (κ2) is 5.78. The Labute approximate surface area is 119 Å². The molecule has 0 saturated heterocycles. The maximum atomic E-state index is 11.8. The molecule has 0 bridgehead atoms. The summed E-state index contributed by atoms with van der Waals surface area (Å²) in [4.78, 5) is 11.8. The third-order valence-corrected chi connectivity index (χ3v) is 3.35. The number of carbonyl (C=O) groups excluding carboxylic acids is 1. The lowest BCUT2D eigenvalue weighted by Crippen LogP contribution is -2.28. The average Bonchev–Trinajstić information content (AvgIpc) is 2.36. The van der Waals surface area contributed by atoms with Crippen molar-refractivity contribution in [2.75, 3.05) is 5.32 Å². The molecule has 0 heterocycles. The molecular formula is C17H20N2O. The lowest BCUT2D eigenvalue weighted by atomic mass is 9.98. The van der Waals surface area contributed by atoms with Crippen molar-refractivity contribution in [3.05, 3.63) is 64.7 Å². The van der Waals surface area contributed by atoms with Crippen LogP contribution in [0.15, 0.2) is 42.5 Å². The molecule has 2 rings (SSSR count). The van der Waals surface area contributed by atoms with Crippen LogP contribution in [-0.4, -0.2) is 5.91 Å². The predicted molar refractivity (Wildman–Crippen MR) is 82.7 cm³/mol. The van der Waals surface area contributed by atoms with Gasteiger partial charge in [-0.25, -0.2) is 0 Å². The van der Waals surface area contributed by atoms with Crippen LogP contribution in [0.4, 0.5) is 5.69 Å². The molecule has 0 radical (unpaired) electrons. The molecule has 0 aliphatic rings. The Morgan fingerprint density at radius 1 is 1.05 bits per heavy atom. The maximum absolute atomic E-state index is 11.8. The van der Waals surface area contributed by atoms with Crippen molar-refractivity contribution in [2.24, 2.45) is 5.73 Å².